The number of ether oxygens (including phenoxy) is 1. The SMILES string of the molecule is NC(=S)c1cc(COc2ccccc2)ccc1F. The molecule has 0 saturated heterocycles. The summed E-state index contributed by atoms with van der Waals surface area (Å²) in [5.74, 6) is 0.352. The highest BCUT2D eigenvalue weighted by Gasteiger charge is 2.06. The number of rotatable bonds is 4. The highest BCUT2D eigenvalue weighted by atomic mass is 32.1. The summed E-state index contributed by atoms with van der Waals surface area (Å²) in [4.78, 5) is 0.0501. The van der Waals surface area contributed by atoms with Crippen LogP contribution >= 0.6 is 12.2 Å². The lowest BCUT2D eigenvalue weighted by atomic mass is 10.1. The average molecular weight is 261 g/mol. The Balaban J connectivity index is 2.11. The summed E-state index contributed by atoms with van der Waals surface area (Å²) in [6, 6.07) is 14.0. The van der Waals surface area contributed by atoms with Gasteiger partial charge in [-0.1, -0.05) is 36.5 Å². The molecule has 92 valence electrons. The standard InChI is InChI=1S/C14H12FNOS/c15-13-7-6-10(8-12(13)14(16)18)9-17-11-4-2-1-3-5-11/h1-8H,9H2,(H2,16,18). The molecule has 0 unspecified atom stereocenters. The van der Waals surface area contributed by atoms with E-state index in [1.165, 1.54) is 6.07 Å². The van der Waals surface area contributed by atoms with Crippen molar-refractivity contribution in [3.63, 3.8) is 0 Å². The van der Waals surface area contributed by atoms with Gasteiger partial charge in [-0.3, -0.25) is 0 Å². The molecule has 0 fully saturated rings. The smallest absolute Gasteiger partial charge is 0.133 e. The van der Waals surface area contributed by atoms with Crippen LogP contribution in [0.3, 0.4) is 0 Å². The third-order valence-electron chi connectivity index (χ3n) is 2.44. The van der Waals surface area contributed by atoms with Crippen molar-refractivity contribution in [2.75, 3.05) is 0 Å². The molecule has 0 bridgehead atoms. The van der Waals surface area contributed by atoms with Gasteiger partial charge in [0.05, 0.1) is 0 Å². The summed E-state index contributed by atoms with van der Waals surface area (Å²) < 4.78 is 18.9. The zero-order valence-electron chi connectivity index (χ0n) is 9.60. The fourth-order valence-electron chi connectivity index (χ4n) is 1.53. The Morgan fingerprint density at radius 3 is 2.56 bits per heavy atom. The van der Waals surface area contributed by atoms with E-state index >= 15 is 0 Å². The van der Waals surface area contributed by atoms with Gasteiger partial charge in [0.15, 0.2) is 0 Å². The molecule has 0 atom stereocenters. The molecular formula is C14H12FNOS. The van der Waals surface area contributed by atoms with Crippen LogP contribution in [0, 0.1) is 5.82 Å². The maximum absolute atomic E-state index is 13.4. The number of para-hydroxylation sites is 1. The second-order valence-corrected chi connectivity index (χ2v) is 4.22. The van der Waals surface area contributed by atoms with E-state index in [9.17, 15) is 4.39 Å². The molecule has 2 rings (SSSR count). The fraction of sp³-hybridized carbons (Fsp3) is 0.0714. The van der Waals surface area contributed by atoms with Gasteiger partial charge in [-0.15, -0.1) is 0 Å². The van der Waals surface area contributed by atoms with E-state index in [2.05, 4.69) is 0 Å². The number of hydrogen-bond donors (Lipinski definition) is 1. The van der Waals surface area contributed by atoms with Crippen molar-refractivity contribution in [2.45, 2.75) is 6.61 Å². The Morgan fingerprint density at radius 2 is 1.89 bits per heavy atom. The van der Waals surface area contributed by atoms with E-state index in [1.807, 2.05) is 30.3 Å². The van der Waals surface area contributed by atoms with Gasteiger partial charge in [-0.05, 0) is 29.8 Å². The minimum absolute atomic E-state index is 0.0501. The van der Waals surface area contributed by atoms with Gasteiger partial charge in [-0.25, -0.2) is 4.39 Å². The van der Waals surface area contributed by atoms with Crippen LogP contribution in [0.1, 0.15) is 11.1 Å². The van der Waals surface area contributed by atoms with Crippen molar-refractivity contribution in [1.82, 2.24) is 0 Å². The number of benzene rings is 2. The summed E-state index contributed by atoms with van der Waals surface area (Å²) in [6.45, 7) is 0.347. The predicted molar refractivity (Wildman–Crippen MR) is 73.1 cm³/mol. The van der Waals surface area contributed by atoms with Gasteiger partial charge in [-0.2, -0.15) is 0 Å². The lowest BCUT2D eigenvalue weighted by molar-refractivity contribution is 0.306. The van der Waals surface area contributed by atoms with Crippen LogP contribution in [-0.4, -0.2) is 4.99 Å². The maximum Gasteiger partial charge on any atom is 0.133 e. The molecule has 4 heteroatoms. The average Bonchev–Trinajstić information content (AvgIpc) is 2.38. The van der Waals surface area contributed by atoms with Gasteiger partial charge in [0.25, 0.3) is 0 Å². The van der Waals surface area contributed by atoms with E-state index in [0.29, 0.717) is 6.61 Å². The first-order valence-electron chi connectivity index (χ1n) is 5.43. The highest BCUT2D eigenvalue weighted by Crippen LogP contribution is 2.14. The van der Waals surface area contributed by atoms with Crippen molar-refractivity contribution in [3.05, 3.63) is 65.5 Å². The van der Waals surface area contributed by atoms with E-state index < -0.39 is 5.82 Å². The van der Waals surface area contributed by atoms with Crippen LogP contribution in [0.25, 0.3) is 0 Å². The van der Waals surface area contributed by atoms with E-state index in [0.717, 1.165) is 11.3 Å². The van der Waals surface area contributed by atoms with Gasteiger partial charge in [0, 0.05) is 5.56 Å². The van der Waals surface area contributed by atoms with Crippen LogP contribution in [-0.2, 0) is 6.61 Å². The Kier molecular flexibility index (Phi) is 3.89. The molecule has 0 amide bonds. The topological polar surface area (TPSA) is 35.2 Å². The molecule has 2 N–H and O–H groups in total. The Morgan fingerprint density at radius 1 is 1.17 bits per heavy atom. The van der Waals surface area contributed by atoms with Crippen LogP contribution in [0.5, 0.6) is 5.75 Å². The normalized spacial score (nSPS) is 10.1. The zero-order valence-corrected chi connectivity index (χ0v) is 10.4. The first kappa shape index (κ1) is 12.5. The minimum atomic E-state index is -0.411. The Labute approximate surface area is 110 Å². The summed E-state index contributed by atoms with van der Waals surface area (Å²) in [5.41, 5.74) is 6.51. The first-order valence-corrected chi connectivity index (χ1v) is 5.84. The second-order valence-electron chi connectivity index (χ2n) is 3.78. The molecule has 2 aromatic carbocycles. The Hall–Kier alpha value is -1.94. The number of halogens is 1. The molecule has 0 spiro atoms. The monoisotopic (exact) mass is 261 g/mol. The van der Waals surface area contributed by atoms with Gasteiger partial charge < -0.3 is 10.5 Å². The first-order chi connectivity index (χ1) is 8.66. The molecular weight excluding hydrogens is 249 g/mol. The molecule has 0 saturated carbocycles. The predicted octanol–water partition coefficient (Wildman–Crippen LogP) is 3.04. The molecule has 0 aliphatic carbocycles. The molecule has 0 aromatic heterocycles. The zero-order chi connectivity index (χ0) is 13.0. The van der Waals surface area contributed by atoms with E-state index in [-0.39, 0.29) is 10.6 Å². The van der Waals surface area contributed by atoms with E-state index in [1.54, 1.807) is 12.1 Å². The molecule has 2 nitrogen and oxygen atoms in total. The molecule has 18 heavy (non-hydrogen) atoms. The number of nitrogens with two attached hydrogens (primary N) is 1. The van der Waals surface area contributed by atoms with Gasteiger partial charge >= 0.3 is 0 Å². The van der Waals surface area contributed by atoms with Crippen molar-refractivity contribution in [2.24, 2.45) is 5.73 Å². The fourth-order valence-corrected chi connectivity index (χ4v) is 1.69. The lowest BCUT2D eigenvalue weighted by Crippen LogP contribution is -2.12. The van der Waals surface area contributed by atoms with Crippen LogP contribution in [0.4, 0.5) is 4.39 Å². The lowest BCUT2D eigenvalue weighted by Gasteiger charge is -2.08. The third kappa shape index (κ3) is 3.05. The largest absolute Gasteiger partial charge is 0.489 e. The number of thiocarbonyl (C=S) groups is 1. The third-order valence-corrected chi connectivity index (χ3v) is 2.66. The van der Waals surface area contributed by atoms with Crippen LogP contribution < -0.4 is 10.5 Å². The number of hydrogen-bond acceptors (Lipinski definition) is 2. The van der Waals surface area contributed by atoms with Gasteiger partial charge in [0.2, 0.25) is 0 Å². The summed E-state index contributed by atoms with van der Waals surface area (Å²) in [5, 5.41) is 0. The van der Waals surface area contributed by atoms with Crippen molar-refractivity contribution >= 4 is 17.2 Å². The van der Waals surface area contributed by atoms with Gasteiger partial charge in [0.1, 0.15) is 23.2 Å². The summed E-state index contributed by atoms with van der Waals surface area (Å²) in [6.07, 6.45) is 0. The molecule has 0 radical (unpaired) electrons. The molecule has 0 aliphatic heterocycles. The highest BCUT2D eigenvalue weighted by molar-refractivity contribution is 7.80. The molecule has 0 aliphatic rings. The Bertz CT molecular complexity index is 557. The molecule has 0 heterocycles. The quantitative estimate of drug-likeness (QED) is 0.859. The van der Waals surface area contributed by atoms with Crippen molar-refractivity contribution < 1.29 is 9.13 Å². The minimum Gasteiger partial charge on any atom is -0.489 e. The van der Waals surface area contributed by atoms with Crippen molar-refractivity contribution in [1.29, 1.82) is 0 Å². The van der Waals surface area contributed by atoms with Crippen LogP contribution in [0.2, 0.25) is 0 Å². The maximum atomic E-state index is 13.4. The summed E-state index contributed by atoms with van der Waals surface area (Å²) in [7, 11) is 0. The summed E-state index contributed by atoms with van der Waals surface area (Å²) >= 11 is 4.78. The van der Waals surface area contributed by atoms with Crippen molar-refractivity contribution in [3.8, 4) is 5.75 Å². The van der Waals surface area contributed by atoms with E-state index in [4.69, 9.17) is 22.7 Å². The van der Waals surface area contributed by atoms with Crippen LogP contribution in [0.15, 0.2) is 48.5 Å². The molecule has 2 aromatic rings. The second kappa shape index (κ2) is 5.60.